The Kier molecular flexibility index (Phi) is 4.86. The second-order valence-electron chi connectivity index (χ2n) is 3.80. The maximum atomic E-state index is 8.72. The van der Waals surface area contributed by atoms with Crippen LogP contribution in [0.1, 0.15) is 24.5 Å². The minimum absolute atomic E-state index is 0.516. The summed E-state index contributed by atoms with van der Waals surface area (Å²) in [6.07, 6.45) is 1.09. The standard InChI is InChI=1S/C13H18N2/c1-3-9-15(10-8-14)11-13-7-5-4-6-12(13)2/h4-7H,3,9-11H2,1-2H3. The van der Waals surface area contributed by atoms with Crippen molar-refractivity contribution in [2.24, 2.45) is 0 Å². The number of nitrogens with zero attached hydrogens (tertiary/aromatic N) is 2. The molecule has 0 heterocycles. The van der Waals surface area contributed by atoms with E-state index in [2.05, 4.69) is 43.0 Å². The third kappa shape index (κ3) is 3.73. The van der Waals surface area contributed by atoms with Gasteiger partial charge in [0.15, 0.2) is 0 Å². The van der Waals surface area contributed by atoms with E-state index in [4.69, 9.17) is 5.26 Å². The highest BCUT2D eigenvalue weighted by Crippen LogP contribution is 2.10. The van der Waals surface area contributed by atoms with E-state index in [0.29, 0.717) is 6.54 Å². The zero-order valence-electron chi connectivity index (χ0n) is 9.53. The molecule has 0 aromatic heterocycles. The summed E-state index contributed by atoms with van der Waals surface area (Å²) >= 11 is 0. The molecular weight excluding hydrogens is 184 g/mol. The number of benzene rings is 1. The van der Waals surface area contributed by atoms with E-state index in [9.17, 15) is 0 Å². The summed E-state index contributed by atoms with van der Waals surface area (Å²) in [7, 11) is 0. The molecule has 0 unspecified atom stereocenters. The van der Waals surface area contributed by atoms with Gasteiger partial charge in [-0.25, -0.2) is 0 Å². The predicted molar refractivity (Wildman–Crippen MR) is 62.4 cm³/mol. The van der Waals surface area contributed by atoms with Crippen molar-refractivity contribution in [1.29, 1.82) is 5.26 Å². The van der Waals surface area contributed by atoms with Crippen LogP contribution in [-0.2, 0) is 6.54 Å². The highest BCUT2D eigenvalue weighted by atomic mass is 15.1. The predicted octanol–water partition coefficient (Wildman–Crippen LogP) is 2.73. The first-order chi connectivity index (χ1) is 7.27. The second-order valence-corrected chi connectivity index (χ2v) is 3.80. The Labute approximate surface area is 92.1 Å². The molecule has 0 atom stereocenters. The van der Waals surface area contributed by atoms with Crippen LogP contribution >= 0.6 is 0 Å². The number of hydrogen-bond donors (Lipinski definition) is 0. The SMILES string of the molecule is CCCN(CC#N)Cc1ccccc1C. The zero-order chi connectivity index (χ0) is 11.1. The van der Waals surface area contributed by atoms with Gasteiger partial charge in [0.2, 0.25) is 0 Å². The molecule has 80 valence electrons. The Morgan fingerprint density at radius 1 is 1.33 bits per heavy atom. The minimum Gasteiger partial charge on any atom is -0.286 e. The molecule has 1 aromatic rings. The third-order valence-electron chi connectivity index (χ3n) is 2.49. The number of aryl methyl sites for hydroxylation is 1. The van der Waals surface area contributed by atoms with Gasteiger partial charge >= 0.3 is 0 Å². The normalized spacial score (nSPS) is 10.3. The largest absolute Gasteiger partial charge is 0.286 e. The van der Waals surface area contributed by atoms with Crippen LogP contribution in [0.3, 0.4) is 0 Å². The van der Waals surface area contributed by atoms with Gasteiger partial charge in [-0.05, 0) is 31.0 Å². The lowest BCUT2D eigenvalue weighted by molar-refractivity contribution is 0.298. The Morgan fingerprint density at radius 3 is 2.67 bits per heavy atom. The number of hydrogen-bond acceptors (Lipinski definition) is 2. The fraction of sp³-hybridized carbons (Fsp3) is 0.462. The molecule has 0 bridgehead atoms. The van der Waals surface area contributed by atoms with E-state index in [0.717, 1.165) is 19.5 Å². The smallest absolute Gasteiger partial charge is 0.0868 e. The van der Waals surface area contributed by atoms with Crippen molar-refractivity contribution in [3.8, 4) is 6.07 Å². The van der Waals surface area contributed by atoms with Crippen LogP contribution in [0.25, 0.3) is 0 Å². The van der Waals surface area contributed by atoms with Gasteiger partial charge in [0, 0.05) is 6.54 Å². The molecular formula is C13H18N2. The lowest BCUT2D eigenvalue weighted by atomic mass is 10.1. The van der Waals surface area contributed by atoms with Crippen molar-refractivity contribution in [1.82, 2.24) is 4.90 Å². The van der Waals surface area contributed by atoms with Crippen LogP contribution in [0.15, 0.2) is 24.3 Å². The van der Waals surface area contributed by atoms with Crippen LogP contribution in [-0.4, -0.2) is 18.0 Å². The Morgan fingerprint density at radius 2 is 2.07 bits per heavy atom. The van der Waals surface area contributed by atoms with Gasteiger partial charge in [0.25, 0.3) is 0 Å². The monoisotopic (exact) mass is 202 g/mol. The van der Waals surface area contributed by atoms with E-state index >= 15 is 0 Å². The molecule has 0 saturated carbocycles. The van der Waals surface area contributed by atoms with E-state index in [1.54, 1.807) is 0 Å². The van der Waals surface area contributed by atoms with Crippen molar-refractivity contribution in [2.75, 3.05) is 13.1 Å². The first kappa shape index (κ1) is 11.7. The summed E-state index contributed by atoms with van der Waals surface area (Å²) in [5.41, 5.74) is 2.62. The van der Waals surface area contributed by atoms with Crippen LogP contribution < -0.4 is 0 Å². The summed E-state index contributed by atoms with van der Waals surface area (Å²) in [5.74, 6) is 0. The fourth-order valence-electron chi connectivity index (χ4n) is 1.66. The van der Waals surface area contributed by atoms with Crippen LogP contribution in [0.5, 0.6) is 0 Å². The van der Waals surface area contributed by atoms with Crippen molar-refractivity contribution < 1.29 is 0 Å². The van der Waals surface area contributed by atoms with Crippen LogP contribution in [0.2, 0.25) is 0 Å². The molecule has 1 rings (SSSR count). The van der Waals surface area contributed by atoms with Gasteiger partial charge in [-0.1, -0.05) is 31.2 Å². The van der Waals surface area contributed by atoms with E-state index in [-0.39, 0.29) is 0 Å². The number of rotatable bonds is 5. The molecule has 0 saturated heterocycles. The van der Waals surface area contributed by atoms with Gasteiger partial charge in [0.1, 0.15) is 0 Å². The van der Waals surface area contributed by atoms with Crippen molar-refractivity contribution in [3.63, 3.8) is 0 Å². The van der Waals surface area contributed by atoms with Crippen molar-refractivity contribution in [3.05, 3.63) is 35.4 Å². The highest BCUT2D eigenvalue weighted by molar-refractivity contribution is 5.25. The van der Waals surface area contributed by atoms with Gasteiger partial charge in [-0.3, -0.25) is 4.90 Å². The highest BCUT2D eigenvalue weighted by Gasteiger charge is 2.05. The Bertz CT molecular complexity index is 339. The molecule has 0 aliphatic carbocycles. The van der Waals surface area contributed by atoms with Crippen molar-refractivity contribution >= 4 is 0 Å². The van der Waals surface area contributed by atoms with E-state index in [1.165, 1.54) is 11.1 Å². The van der Waals surface area contributed by atoms with Gasteiger partial charge in [-0.15, -0.1) is 0 Å². The average molecular weight is 202 g/mol. The molecule has 2 heteroatoms. The molecule has 0 aliphatic rings. The maximum absolute atomic E-state index is 8.72. The Balaban J connectivity index is 2.66. The molecule has 0 spiro atoms. The summed E-state index contributed by atoms with van der Waals surface area (Å²) < 4.78 is 0. The molecule has 1 aromatic carbocycles. The van der Waals surface area contributed by atoms with Gasteiger partial charge < -0.3 is 0 Å². The summed E-state index contributed by atoms with van der Waals surface area (Å²) in [4.78, 5) is 2.18. The fourth-order valence-corrected chi connectivity index (χ4v) is 1.66. The van der Waals surface area contributed by atoms with Crippen molar-refractivity contribution in [2.45, 2.75) is 26.8 Å². The molecule has 0 radical (unpaired) electrons. The third-order valence-corrected chi connectivity index (χ3v) is 2.49. The molecule has 0 aliphatic heterocycles. The molecule has 0 amide bonds. The summed E-state index contributed by atoms with van der Waals surface area (Å²) in [6.45, 7) is 6.65. The minimum atomic E-state index is 0.516. The molecule has 0 fully saturated rings. The summed E-state index contributed by atoms with van der Waals surface area (Å²) in [5, 5.41) is 8.72. The first-order valence-corrected chi connectivity index (χ1v) is 5.41. The lowest BCUT2D eigenvalue weighted by Crippen LogP contribution is -2.24. The Hall–Kier alpha value is -1.33. The topological polar surface area (TPSA) is 27.0 Å². The second kappa shape index (κ2) is 6.21. The van der Waals surface area contributed by atoms with E-state index in [1.807, 2.05) is 6.07 Å². The molecule has 0 N–H and O–H groups in total. The molecule has 2 nitrogen and oxygen atoms in total. The average Bonchev–Trinajstić information content (AvgIpc) is 2.22. The van der Waals surface area contributed by atoms with Gasteiger partial charge in [-0.2, -0.15) is 5.26 Å². The first-order valence-electron chi connectivity index (χ1n) is 5.41. The van der Waals surface area contributed by atoms with Crippen LogP contribution in [0.4, 0.5) is 0 Å². The molecule has 15 heavy (non-hydrogen) atoms. The maximum Gasteiger partial charge on any atom is 0.0868 e. The van der Waals surface area contributed by atoms with E-state index < -0.39 is 0 Å². The van der Waals surface area contributed by atoms with Gasteiger partial charge in [0.05, 0.1) is 12.6 Å². The summed E-state index contributed by atoms with van der Waals surface area (Å²) in [6, 6.07) is 10.6. The van der Waals surface area contributed by atoms with Crippen LogP contribution in [0, 0.1) is 18.3 Å². The number of nitriles is 1. The quantitative estimate of drug-likeness (QED) is 0.686. The lowest BCUT2D eigenvalue weighted by Gasteiger charge is -2.19. The zero-order valence-corrected chi connectivity index (χ0v) is 9.53.